The lowest BCUT2D eigenvalue weighted by Gasteiger charge is -2.06. The van der Waals surface area contributed by atoms with Gasteiger partial charge in [0.05, 0.1) is 6.20 Å². The highest BCUT2D eigenvalue weighted by Crippen LogP contribution is 2.20. The summed E-state index contributed by atoms with van der Waals surface area (Å²) in [5.74, 6) is 0.135. The largest absolute Gasteiger partial charge is 0.383 e. The van der Waals surface area contributed by atoms with Crippen molar-refractivity contribution in [2.75, 3.05) is 12.3 Å². The minimum atomic E-state index is -0.340. The Bertz CT molecular complexity index is 507. The minimum Gasteiger partial charge on any atom is -0.383 e. The predicted molar refractivity (Wildman–Crippen MR) is 65.3 cm³/mol. The highest BCUT2D eigenvalue weighted by Gasteiger charge is 2.11. The second kappa shape index (κ2) is 4.97. The van der Waals surface area contributed by atoms with Gasteiger partial charge in [-0.15, -0.1) is 0 Å². The number of aromatic nitrogens is 2. The number of rotatable bonds is 4. The van der Waals surface area contributed by atoms with Crippen molar-refractivity contribution < 1.29 is 4.39 Å². The lowest BCUT2D eigenvalue weighted by molar-refractivity contribution is 0.612. The molecule has 0 aliphatic carbocycles. The molecule has 0 saturated heterocycles. The van der Waals surface area contributed by atoms with Crippen molar-refractivity contribution in [1.82, 2.24) is 9.78 Å². The first-order chi connectivity index (χ1) is 8.24. The van der Waals surface area contributed by atoms with E-state index < -0.39 is 0 Å². The molecule has 1 aromatic carbocycles. The summed E-state index contributed by atoms with van der Waals surface area (Å²) in [6.07, 6.45) is 3.27. The fraction of sp³-hybridized carbons (Fsp3) is 0.250. The van der Waals surface area contributed by atoms with Crippen molar-refractivity contribution in [3.05, 3.63) is 41.8 Å². The van der Waals surface area contributed by atoms with Crippen LogP contribution in [0, 0.1) is 5.82 Å². The summed E-state index contributed by atoms with van der Waals surface area (Å²) < 4.78 is 15.0. The Morgan fingerprint density at radius 1 is 1.29 bits per heavy atom. The molecule has 0 saturated carbocycles. The normalized spacial score (nSPS) is 10.7. The smallest absolute Gasteiger partial charge is 0.148 e. The van der Waals surface area contributed by atoms with Crippen LogP contribution in [0.15, 0.2) is 30.5 Å². The number of nitrogens with zero attached hydrogens (tertiary/aromatic N) is 2. The quantitative estimate of drug-likeness (QED) is 0.842. The van der Waals surface area contributed by atoms with Crippen LogP contribution in [0.2, 0.25) is 0 Å². The molecule has 17 heavy (non-hydrogen) atoms. The summed E-state index contributed by atoms with van der Waals surface area (Å²) in [4.78, 5) is 0. The molecule has 0 atom stereocenters. The zero-order valence-corrected chi connectivity index (χ0v) is 9.44. The van der Waals surface area contributed by atoms with E-state index in [-0.39, 0.29) is 5.82 Å². The van der Waals surface area contributed by atoms with Crippen LogP contribution >= 0.6 is 0 Å². The SMILES string of the molecule is NCCCc1cnn(-c2ccccc2F)c1N. The molecule has 0 bridgehead atoms. The maximum absolute atomic E-state index is 13.6. The van der Waals surface area contributed by atoms with Crippen molar-refractivity contribution in [3.8, 4) is 5.69 Å². The van der Waals surface area contributed by atoms with Crippen LogP contribution in [0.5, 0.6) is 0 Å². The van der Waals surface area contributed by atoms with Crippen molar-refractivity contribution in [2.45, 2.75) is 12.8 Å². The third-order valence-corrected chi connectivity index (χ3v) is 2.62. The van der Waals surface area contributed by atoms with Gasteiger partial charge < -0.3 is 11.5 Å². The zero-order chi connectivity index (χ0) is 12.3. The molecule has 4 N–H and O–H groups in total. The number of nitrogens with two attached hydrogens (primary N) is 2. The molecule has 0 radical (unpaired) electrons. The van der Waals surface area contributed by atoms with Crippen molar-refractivity contribution in [2.24, 2.45) is 5.73 Å². The maximum atomic E-state index is 13.6. The van der Waals surface area contributed by atoms with Crippen molar-refractivity contribution in [1.29, 1.82) is 0 Å². The number of para-hydroxylation sites is 1. The van der Waals surface area contributed by atoms with Gasteiger partial charge in [-0.2, -0.15) is 5.10 Å². The summed E-state index contributed by atoms with van der Waals surface area (Å²) in [6, 6.07) is 6.41. The molecule has 0 fully saturated rings. The predicted octanol–water partition coefficient (Wildman–Crippen LogP) is 1.48. The second-order valence-corrected chi connectivity index (χ2v) is 3.81. The summed E-state index contributed by atoms with van der Waals surface area (Å²) in [7, 11) is 0. The molecule has 0 aliphatic rings. The zero-order valence-electron chi connectivity index (χ0n) is 9.44. The van der Waals surface area contributed by atoms with Crippen LogP contribution in [-0.4, -0.2) is 16.3 Å². The number of halogens is 1. The van der Waals surface area contributed by atoms with Crippen LogP contribution in [0.1, 0.15) is 12.0 Å². The molecule has 4 nitrogen and oxygen atoms in total. The van der Waals surface area contributed by atoms with E-state index in [2.05, 4.69) is 5.10 Å². The molecule has 0 aliphatic heterocycles. The van der Waals surface area contributed by atoms with E-state index in [4.69, 9.17) is 11.5 Å². The molecular weight excluding hydrogens is 219 g/mol. The van der Waals surface area contributed by atoms with Crippen LogP contribution in [0.3, 0.4) is 0 Å². The number of anilines is 1. The third-order valence-electron chi connectivity index (χ3n) is 2.62. The minimum absolute atomic E-state index is 0.340. The summed E-state index contributed by atoms with van der Waals surface area (Å²) in [5, 5.41) is 4.11. The van der Waals surface area contributed by atoms with E-state index in [1.807, 2.05) is 0 Å². The molecule has 90 valence electrons. The van der Waals surface area contributed by atoms with Gasteiger partial charge in [-0.05, 0) is 31.5 Å². The van der Waals surface area contributed by atoms with E-state index in [1.165, 1.54) is 10.7 Å². The van der Waals surface area contributed by atoms with Gasteiger partial charge in [-0.25, -0.2) is 9.07 Å². The number of nitrogen functional groups attached to an aromatic ring is 1. The topological polar surface area (TPSA) is 69.9 Å². The van der Waals surface area contributed by atoms with Gasteiger partial charge in [-0.3, -0.25) is 0 Å². The summed E-state index contributed by atoms with van der Waals surface area (Å²) >= 11 is 0. The fourth-order valence-electron chi connectivity index (χ4n) is 1.69. The molecule has 1 heterocycles. The van der Waals surface area contributed by atoms with E-state index in [0.29, 0.717) is 18.1 Å². The Kier molecular flexibility index (Phi) is 3.39. The Hall–Kier alpha value is -1.88. The van der Waals surface area contributed by atoms with Gasteiger partial charge in [0.2, 0.25) is 0 Å². The van der Waals surface area contributed by atoms with Crippen LogP contribution in [0.25, 0.3) is 5.69 Å². The van der Waals surface area contributed by atoms with E-state index >= 15 is 0 Å². The summed E-state index contributed by atoms with van der Waals surface area (Å²) in [6.45, 7) is 0.602. The van der Waals surface area contributed by atoms with Gasteiger partial charge in [-0.1, -0.05) is 12.1 Å². The molecular formula is C12H15FN4. The highest BCUT2D eigenvalue weighted by molar-refractivity contribution is 5.47. The fourth-order valence-corrected chi connectivity index (χ4v) is 1.69. The Labute approximate surface area is 99.0 Å². The molecule has 2 aromatic rings. The third kappa shape index (κ3) is 2.29. The average Bonchev–Trinajstić information content (AvgIpc) is 2.69. The first kappa shape index (κ1) is 11.6. The number of aryl methyl sites for hydroxylation is 1. The Morgan fingerprint density at radius 3 is 2.76 bits per heavy atom. The maximum Gasteiger partial charge on any atom is 0.148 e. The highest BCUT2D eigenvalue weighted by atomic mass is 19.1. The first-order valence-corrected chi connectivity index (χ1v) is 5.51. The van der Waals surface area contributed by atoms with Crippen LogP contribution < -0.4 is 11.5 Å². The first-order valence-electron chi connectivity index (χ1n) is 5.51. The molecule has 1 aromatic heterocycles. The van der Waals surface area contributed by atoms with Gasteiger partial charge in [0.25, 0.3) is 0 Å². The standard InChI is InChI=1S/C12H15FN4/c13-10-5-1-2-6-11(10)17-12(15)9(8-16-17)4-3-7-14/h1-2,5-6,8H,3-4,7,14-15H2. The number of hydrogen-bond acceptors (Lipinski definition) is 3. The van der Waals surface area contributed by atoms with Gasteiger partial charge in [0.15, 0.2) is 0 Å². The van der Waals surface area contributed by atoms with Crippen LogP contribution in [-0.2, 0) is 6.42 Å². The van der Waals surface area contributed by atoms with E-state index in [0.717, 1.165) is 18.4 Å². The monoisotopic (exact) mass is 234 g/mol. The number of benzene rings is 1. The number of hydrogen-bond donors (Lipinski definition) is 2. The molecule has 0 unspecified atom stereocenters. The Morgan fingerprint density at radius 2 is 2.06 bits per heavy atom. The molecule has 2 rings (SSSR count). The van der Waals surface area contributed by atoms with E-state index in [9.17, 15) is 4.39 Å². The molecule has 5 heteroatoms. The molecule has 0 amide bonds. The second-order valence-electron chi connectivity index (χ2n) is 3.81. The van der Waals surface area contributed by atoms with E-state index in [1.54, 1.807) is 24.4 Å². The summed E-state index contributed by atoms with van der Waals surface area (Å²) in [5.41, 5.74) is 12.6. The van der Waals surface area contributed by atoms with Gasteiger partial charge in [0.1, 0.15) is 17.3 Å². The van der Waals surface area contributed by atoms with Crippen molar-refractivity contribution >= 4 is 5.82 Å². The van der Waals surface area contributed by atoms with Gasteiger partial charge >= 0.3 is 0 Å². The average molecular weight is 234 g/mol. The Balaban J connectivity index is 2.34. The lowest BCUT2D eigenvalue weighted by atomic mass is 10.2. The van der Waals surface area contributed by atoms with Gasteiger partial charge in [0, 0.05) is 5.56 Å². The molecule has 0 spiro atoms. The van der Waals surface area contributed by atoms with Crippen molar-refractivity contribution in [3.63, 3.8) is 0 Å². The lowest BCUT2D eigenvalue weighted by Crippen LogP contribution is -2.06. The van der Waals surface area contributed by atoms with Crippen LogP contribution in [0.4, 0.5) is 10.2 Å².